The van der Waals surface area contributed by atoms with Gasteiger partial charge in [-0.05, 0) is 19.3 Å². The summed E-state index contributed by atoms with van der Waals surface area (Å²) in [4.78, 5) is 13.7. The Morgan fingerprint density at radius 3 is 2.42 bits per heavy atom. The molecule has 1 amide bonds. The van der Waals surface area contributed by atoms with Gasteiger partial charge in [-0.15, -0.1) is 0 Å². The van der Waals surface area contributed by atoms with Gasteiger partial charge in [-0.2, -0.15) is 13.2 Å². The highest BCUT2D eigenvalue weighted by molar-refractivity contribution is 5.80. The Morgan fingerprint density at radius 2 is 1.89 bits per heavy atom. The normalized spacial score (nSPS) is 30.9. The molecule has 0 aromatic rings. The minimum Gasteiger partial charge on any atom is -0.339 e. The lowest BCUT2D eigenvalue weighted by Gasteiger charge is -2.49. The summed E-state index contributed by atoms with van der Waals surface area (Å²) in [7, 11) is 0. The second-order valence-electron chi connectivity index (χ2n) is 5.95. The number of hydrogen-bond donors (Lipinski definition) is 1. The first kappa shape index (κ1) is 14.6. The fourth-order valence-electron chi connectivity index (χ4n) is 3.15. The Labute approximate surface area is 111 Å². The van der Waals surface area contributed by atoms with Gasteiger partial charge in [0, 0.05) is 19.0 Å². The van der Waals surface area contributed by atoms with Crippen LogP contribution in [0.4, 0.5) is 13.2 Å². The van der Waals surface area contributed by atoms with E-state index in [1.54, 1.807) is 0 Å². The maximum atomic E-state index is 13.0. The van der Waals surface area contributed by atoms with Crippen LogP contribution in [0.15, 0.2) is 0 Å². The van der Waals surface area contributed by atoms with Crippen molar-refractivity contribution in [2.45, 2.75) is 50.7 Å². The number of hydrogen-bond acceptors (Lipinski definition) is 2. The first-order valence-corrected chi connectivity index (χ1v) is 6.91. The molecule has 0 spiro atoms. The fraction of sp³-hybridized carbons (Fsp3) is 0.923. The Kier molecular flexibility index (Phi) is 3.82. The third-order valence-corrected chi connectivity index (χ3v) is 4.53. The zero-order valence-electron chi connectivity index (χ0n) is 11.2. The third-order valence-electron chi connectivity index (χ3n) is 4.53. The van der Waals surface area contributed by atoms with Crippen LogP contribution in [0.5, 0.6) is 0 Å². The lowest BCUT2D eigenvalue weighted by Crippen LogP contribution is -2.69. The average molecular weight is 278 g/mol. The van der Waals surface area contributed by atoms with Crippen molar-refractivity contribution in [2.75, 3.05) is 13.1 Å². The second kappa shape index (κ2) is 4.96. The highest BCUT2D eigenvalue weighted by atomic mass is 19.4. The SMILES string of the molecule is CCC1(N)CN(C(=O)C2CCCCC2C(F)(F)F)C1. The standard InChI is InChI=1S/C13H21F3N2O/c1-2-12(17)7-18(8-12)11(19)9-5-3-4-6-10(9)13(14,15)16/h9-10H,2-8,17H2,1H3. The first-order chi connectivity index (χ1) is 8.77. The van der Waals surface area contributed by atoms with Crippen LogP contribution in [-0.4, -0.2) is 35.6 Å². The van der Waals surface area contributed by atoms with Crippen molar-refractivity contribution in [1.29, 1.82) is 0 Å². The molecule has 1 aliphatic carbocycles. The highest BCUT2D eigenvalue weighted by Gasteiger charge is 2.51. The van der Waals surface area contributed by atoms with Gasteiger partial charge in [-0.3, -0.25) is 4.79 Å². The molecule has 1 saturated carbocycles. The van der Waals surface area contributed by atoms with Gasteiger partial charge in [0.25, 0.3) is 0 Å². The zero-order chi connectivity index (χ0) is 14.3. The minimum absolute atomic E-state index is 0.0787. The number of carbonyl (C=O) groups is 1. The van der Waals surface area contributed by atoms with Crippen molar-refractivity contribution in [3.05, 3.63) is 0 Å². The predicted octanol–water partition coefficient (Wildman–Crippen LogP) is 2.30. The number of nitrogens with zero attached hydrogens (tertiary/aromatic N) is 1. The van der Waals surface area contributed by atoms with Crippen molar-refractivity contribution in [1.82, 2.24) is 4.90 Å². The average Bonchev–Trinajstić information content (AvgIpc) is 2.33. The van der Waals surface area contributed by atoms with Gasteiger partial charge in [-0.25, -0.2) is 0 Å². The van der Waals surface area contributed by atoms with E-state index in [9.17, 15) is 18.0 Å². The molecule has 19 heavy (non-hydrogen) atoms. The predicted molar refractivity (Wildman–Crippen MR) is 65.3 cm³/mol. The number of amides is 1. The van der Waals surface area contributed by atoms with Gasteiger partial charge in [-0.1, -0.05) is 19.8 Å². The molecule has 1 heterocycles. The molecule has 110 valence electrons. The molecule has 2 N–H and O–H groups in total. The van der Waals surface area contributed by atoms with Gasteiger partial charge in [0.1, 0.15) is 0 Å². The van der Waals surface area contributed by atoms with Gasteiger partial charge in [0.2, 0.25) is 5.91 Å². The van der Waals surface area contributed by atoms with Crippen molar-refractivity contribution in [2.24, 2.45) is 17.6 Å². The van der Waals surface area contributed by atoms with Crippen LogP contribution < -0.4 is 5.73 Å². The Bertz CT molecular complexity index is 350. The first-order valence-electron chi connectivity index (χ1n) is 6.91. The van der Waals surface area contributed by atoms with Crippen molar-refractivity contribution in [3.63, 3.8) is 0 Å². The maximum Gasteiger partial charge on any atom is 0.392 e. The van der Waals surface area contributed by atoms with Crippen molar-refractivity contribution < 1.29 is 18.0 Å². The van der Waals surface area contributed by atoms with E-state index in [1.807, 2.05) is 6.92 Å². The summed E-state index contributed by atoms with van der Waals surface area (Å²) < 4.78 is 38.9. The summed E-state index contributed by atoms with van der Waals surface area (Å²) >= 11 is 0. The van der Waals surface area contributed by atoms with Crippen molar-refractivity contribution >= 4 is 5.91 Å². The number of carbonyl (C=O) groups excluding carboxylic acids is 1. The van der Waals surface area contributed by atoms with Crippen LogP contribution in [0, 0.1) is 11.8 Å². The molecule has 2 rings (SSSR count). The summed E-state index contributed by atoms with van der Waals surface area (Å²) in [6, 6.07) is 0. The number of rotatable bonds is 2. The van der Waals surface area contributed by atoms with Crippen LogP contribution in [0.2, 0.25) is 0 Å². The number of nitrogens with two attached hydrogens (primary N) is 1. The lowest BCUT2D eigenvalue weighted by molar-refractivity contribution is -0.202. The molecule has 6 heteroatoms. The highest BCUT2D eigenvalue weighted by Crippen LogP contribution is 2.43. The van der Waals surface area contributed by atoms with E-state index in [0.717, 1.165) is 6.42 Å². The van der Waals surface area contributed by atoms with E-state index in [4.69, 9.17) is 5.73 Å². The number of alkyl halides is 3. The molecule has 2 fully saturated rings. The molecule has 2 aliphatic rings. The van der Waals surface area contributed by atoms with Gasteiger partial charge < -0.3 is 10.6 Å². The van der Waals surface area contributed by atoms with E-state index in [2.05, 4.69) is 0 Å². The molecule has 3 nitrogen and oxygen atoms in total. The Hall–Kier alpha value is -0.780. The van der Waals surface area contributed by atoms with Crippen LogP contribution in [0.25, 0.3) is 0 Å². The van der Waals surface area contributed by atoms with Crippen LogP contribution in [0.1, 0.15) is 39.0 Å². The monoisotopic (exact) mass is 278 g/mol. The summed E-state index contributed by atoms with van der Waals surface area (Å²) in [5, 5.41) is 0. The van der Waals surface area contributed by atoms with E-state index in [1.165, 1.54) is 4.90 Å². The number of likely N-dealkylation sites (tertiary alicyclic amines) is 1. The van der Waals surface area contributed by atoms with E-state index in [-0.39, 0.29) is 12.3 Å². The van der Waals surface area contributed by atoms with Gasteiger partial charge >= 0.3 is 6.18 Å². The summed E-state index contributed by atoms with van der Waals surface area (Å²) in [5.74, 6) is -2.71. The largest absolute Gasteiger partial charge is 0.392 e. The van der Waals surface area contributed by atoms with Crippen LogP contribution in [0.3, 0.4) is 0 Å². The zero-order valence-corrected chi connectivity index (χ0v) is 11.2. The summed E-state index contributed by atoms with van der Waals surface area (Å²) in [5.41, 5.74) is 5.57. The molecule has 0 aromatic carbocycles. The topological polar surface area (TPSA) is 46.3 Å². The van der Waals surface area contributed by atoms with E-state index >= 15 is 0 Å². The van der Waals surface area contributed by atoms with Crippen LogP contribution in [-0.2, 0) is 4.79 Å². The molecule has 2 atom stereocenters. The van der Waals surface area contributed by atoms with Crippen molar-refractivity contribution in [3.8, 4) is 0 Å². The smallest absolute Gasteiger partial charge is 0.339 e. The summed E-state index contributed by atoms with van der Waals surface area (Å²) in [6.45, 7) is 2.72. The molecule has 1 saturated heterocycles. The molecule has 0 radical (unpaired) electrons. The molecule has 1 aliphatic heterocycles. The molecule has 2 unspecified atom stereocenters. The number of halogens is 3. The molecule has 0 bridgehead atoms. The van der Waals surface area contributed by atoms with E-state index in [0.29, 0.717) is 32.4 Å². The Balaban J connectivity index is 2.01. The van der Waals surface area contributed by atoms with Gasteiger partial charge in [0.15, 0.2) is 0 Å². The minimum atomic E-state index is -4.27. The van der Waals surface area contributed by atoms with Gasteiger partial charge in [0.05, 0.1) is 11.5 Å². The fourth-order valence-corrected chi connectivity index (χ4v) is 3.15. The quantitative estimate of drug-likeness (QED) is 0.842. The third kappa shape index (κ3) is 2.88. The Morgan fingerprint density at radius 1 is 1.32 bits per heavy atom. The van der Waals surface area contributed by atoms with Crippen LogP contribution >= 0.6 is 0 Å². The maximum absolute atomic E-state index is 13.0. The summed E-state index contributed by atoms with van der Waals surface area (Å²) in [6.07, 6.45) is -1.83. The second-order valence-corrected chi connectivity index (χ2v) is 5.95. The van der Waals surface area contributed by atoms with E-state index < -0.39 is 23.6 Å². The molecular formula is C13H21F3N2O. The molecule has 0 aromatic heterocycles. The lowest BCUT2D eigenvalue weighted by atomic mass is 9.76. The molecular weight excluding hydrogens is 257 g/mol.